The fraction of sp³-hybridized carbons (Fsp3) is 0.714. The van der Waals surface area contributed by atoms with Crippen molar-refractivity contribution in [1.82, 2.24) is 0 Å². The van der Waals surface area contributed by atoms with E-state index in [1.165, 1.54) is 29.0 Å². The first-order valence-electron chi connectivity index (χ1n) is 6.27. The molecule has 0 saturated heterocycles. The Balaban J connectivity index is 2.15. The largest absolute Gasteiger partial charge is 0.144 e. The minimum absolute atomic E-state index is 0.225. The first-order valence-corrected chi connectivity index (χ1v) is 7.52. The summed E-state index contributed by atoms with van der Waals surface area (Å²) in [5, 5.41) is 0.225. The van der Waals surface area contributed by atoms with Crippen LogP contribution in [0.4, 0.5) is 0 Å². The number of rotatable bonds is 3. The fourth-order valence-corrected chi connectivity index (χ4v) is 4.50. The molecule has 0 bridgehead atoms. The molecule has 16 heavy (non-hydrogen) atoms. The molecule has 1 saturated carbocycles. The van der Waals surface area contributed by atoms with E-state index in [2.05, 4.69) is 32.9 Å². The normalized spacial score (nSPS) is 25.9. The van der Waals surface area contributed by atoms with Gasteiger partial charge in [-0.25, -0.2) is 0 Å². The van der Waals surface area contributed by atoms with Gasteiger partial charge in [-0.2, -0.15) is 0 Å². The summed E-state index contributed by atoms with van der Waals surface area (Å²) in [6.07, 6.45) is 5.09. The van der Waals surface area contributed by atoms with Gasteiger partial charge in [0.2, 0.25) is 0 Å². The van der Waals surface area contributed by atoms with Gasteiger partial charge < -0.3 is 0 Å². The highest BCUT2D eigenvalue weighted by Crippen LogP contribution is 2.52. The molecule has 0 N–H and O–H groups in total. The lowest BCUT2D eigenvalue weighted by atomic mass is 9.79. The molecule has 1 aromatic rings. The molecule has 2 unspecified atom stereocenters. The molecule has 0 radical (unpaired) electrons. The smallest absolute Gasteiger partial charge is 0.0711 e. The molecule has 0 nitrogen and oxygen atoms in total. The zero-order chi connectivity index (χ0) is 11.8. The summed E-state index contributed by atoms with van der Waals surface area (Å²) in [6.45, 7) is 6.95. The van der Waals surface area contributed by atoms with Crippen LogP contribution in [-0.2, 0) is 6.42 Å². The zero-order valence-corrected chi connectivity index (χ0v) is 12.0. The van der Waals surface area contributed by atoms with Crippen molar-refractivity contribution in [2.24, 2.45) is 11.3 Å². The molecule has 0 aliphatic heterocycles. The molecule has 0 amide bonds. The molecule has 1 heterocycles. The van der Waals surface area contributed by atoms with Gasteiger partial charge in [0.15, 0.2) is 0 Å². The number of hydrogen-bond donors (Lipinski definition) is 0. The van der Waals surface area contributed by atoms with Gasteiger partial charge in [-0.15, -0.1) is 22.9 Å². The molecule has 0 aromatic carbocycles. The predicted octanol–water partition coefficient (Wildman–Crippen LogP) is 5.42. The van der Waals surface area contributed by atoms with Crippen molar-refractivity contribution in [3.8, 4) is 0 Å². The van der Waals surface area contributed by atoms with Crippen molar-refractivity contribution in [3.63, 3.8) is 0 Å². The van der Waals surface area contributed by atoms with E-state index in [1.54, 1.807) is 0 Å². The molecule has 1 fully saturated rings. The topological polar surface area (TPSA) is 0 Å². The number of halogens is 1. The molecule has 2 rings (SSSR count). The Morgan fingerprint density at radius 2 is 2.25 bits per heavy atom. The molecule has 1 aromatic heterocycles. The van der Waals surface area contributed by atoms with Crippen molar-refractivity contribution < 1.29 is 0 Å². The van der Waals surface area contributed by atoms with Crippen molar-refractivity contribution in [1.29, 1.82) is 0 Å². The van der Waals surface area contributed by atoms with Gasteiger partial charge in [0.05, 0.1) is 5.38 Å². The van der Waals surface area contributed by atoms with E-state index in [1.807, 2.05) is 11.3 Å². The first kappa shape index (κ1) is 12.4. The quantitative estimate of drug-likeness (QED) is 0.634. The fourth-order valence-electron chi connectivity index (χ4n) is 2.83. The minimum Gasteiger partial charge on any atom is -0.144 e. The van der Waals surface area contributed by atoms with Gasteiger partial charge in [0.25, 0.3) is 0 Å². The standard InChI is InChI=1S/C14H21ClS/c1-4-10-7-8-12(16-10)13(15)11-6-5-9-14(11,2)3/h7-8,11,13H,4-6,9H2,1-3H3. The van der Waals surface area contributed by atoms with Gasteiger partial charge in [-0.1, -0.05) is 27.2 Å². The summed E-state index contributed by atoms with van der Waals surface area (Å²) in [7, 11) is 0. The molecule has 90 valence electrons. The van der Waals surface area contributed by atoms with Crippen LogP contribution in [0.25, 0.3) is 0 Å². The summed E-state index contributed by atoms with van der Waals surface area (Å²) in [4.78, 5) is 2.83. The maximum Gasteiger partial charge on any atom is 0.0711 e. The van der Waals surface area contributed by atoms with Crippen LogP contribution in [0.15, 0.2) is 12.1 Å². The summed E-state index contributed by atoms with van der Waals surface area (Å²) in [5.41, 5.74) is 0.419. The summed E-state index contributed by atoms with van der Waals surface area (Å²) in [5.74, 6) is 0.650. The van der Waals surface area contributed by atoms with E-state index >= 15 is 0 Å². The predicted molar refractivity (Wildman–Crippen MR) is 73.4 cm³/mol. The van der Waals surface area contributed by atoms with Gasteiger partial charge in [0.1, 0.15) is 0 Å². The number of thiophene rings is 1. The van der Waals surface area contributed by atoms with Gasteiger partial charge >= 0.3 is 0 Å². The Morgan fingerprint density at radius 1 is 1.50 bits per heavy atom. The van der Waals surface area contributed by atoms with E-state index < -0.39 is 0 Å². The Kier molecular flexibility index (Phi) is 3.65. The molecular weight excluding hydrogens is 236 g/mol. The van der Waals surface area contributed by atoms with E-state index in [0.29, 0.717) is 11.3 Å². The molecule has 1 aliphatic carbocycles. The minimum atomic E-state index is 0.225. The van der Waals surface area contributed by atoms with Crippen molar-refractivity contribution in [3.05, 3.63) is 21.9 Å². The van der Waals surface area contributed by atoms with Gasteiger partial charge in [-0.3, -0.25) is 0 Å². The van der Waals surface area contributed by atoms with E-state index in [4.69, 9.17) is 11.6 Å². The van der Waals surface area contributed by atoms with Crippen molar-refractivity contribution in [2.75, 3.05) is 0 Å². The number of aryl methyl sites for hydroxylation is 1. The van der Waals surface area contributed by atoms with Crippen LogP contribution in [-0.4, -0.2) is 0 Å². The summed E-state index contributed by atoms with van der Waals surface area (Å²) in [6, 6.07) is 4.47. The van der Waals surface area contributed by atoms with E-state index in [9.17, 15) is 0 Å². The monoisotopic (exact) mass is 256 g/mol. The van der Waals surface area contributed by atoms with Crippen LogP contribution in [0.5, 0.6) is 0 Å². The van der Waals surface area contributed by atoms with Gasteiger partial charge in [-0.05, 0) is 42.7 Å². The maximum atomic E-state index is 6.68. The molecule has 1 aliphatic rings. The van der Waals surface area contributed by atoms with Crippen LogP contribution in [0, 0.1) is 11.3 Å². The van der Waals surface area contributed by atoms with Crippen molar-refractivity contribution in [2.45, 2.75) is 51.8 Å². The molecule has 2 atom stereocenters. The average Bonchev–Trinajstić information content (AvgIpc) is 2.82. The molecular formula is C14H21ClS. The molecule has 2 heteroatoms. The average molecular weight is 257 g/mol. The molecule has 0 spiro atoms. The third kappa shape index (κ3) is 2.31. The first-order chi connectivity index (χ1) is 7.54. The second kappa shape index (κ2) is 4.70. The highest BCUT2D eigenvalue weighted by Gasteiger charge is 2.39. The second-order valence-electron chi connectivity index (χ2n) is 5.55. The van der Waals surface area contributed by atoms with Crippen LogP contribution < -0.4 is 0 Å². The number of alkyl halides is 1. The summed E-state index contributed by atoms with van der Waals surface area (Å²) < 4.78 is 0. The van der Waals surface area contributed by atoms with Crippen LogP contribution in [0.2, 0.25) is 0 Å². The Bertz CT molecular complexity index is 353. The lowest BCUT2D eigenvalue weighted by Gasteiger charge is -2.30. The highest BCUT2D eigenvalue weighted by atomic mass is 35.5. The van der Waals surface area contributed by atoms with Crippen LogP contribution in [0.3, 0.4) is 0 Å². The second-order valence-corrected chi connectivity index (χ2v) is 7.22. The zero-order valence-electron chi connectivity index (χ0n) is 10.4. The highest BCUT2D eigenvalue weighted by molar-refractivity contribution is 7.12. The van der Waals surface area contributed by atoms with Crippen LogP contribution in [0.1, 0.15) is 55.2 Å². The lowest BCUT2D eigenvalue weighted by molar-refractivity contribution is 0.253. The Hall–Kier alpha value is -0.0100. The van der Waals surface area contributed by atoms with E-state index in [0.717, 1.165) is 6.42 Å². The maximum absolute atomic E-state index is 6.68. The lowest BCUT2D eigenvalue weighted by Crippen LogP contribution is -2.21. The van der Waals surface area contributed by atoms with E-state index in [-0.39, 0.29) is 5.38 Å². The third-order valence-corrected chi connectivity index (χ3v) is 5.98. The number of hydrogen-bond acceptors (Lipinski definition) is 1. The van der Waals surface area contributed by atoms with Gasteiger partial charge in [0, 0.05) is 9.75 Å². The van der Waals surface area contributed by atoms with Crippen LogP contribution >= 0.6 is 22.9 Å². The Morgan fingerprint density at radius 3 is 2.75 bits per heavy atom. The summed E-state index contributed by atoms with van der Waals surface area (Å²) >= 11 is 8.57. The third-order valence-electron chi connectivity index (χ3n) is 4.00. The Labute approximate surface area is 108 Å². The van der Waals surface area contributed by atoms with Crippen molar-refractivity contribution >= 4 is 22.9 Å². The SMILES string of the molecule is CCc1ccc(C(Cl)C2CCCC2(C)C)s1.